The zero-order valence-corrected chi connectivity index (χ0v) is 9.67. The largest absolute Gasteiger partial charge is 0.416 e. The number of methoxy groups -OCH3 is 1. The molecule has 0 radical (unpaired) electrons. The van der Waals surface area contributed by atoms with E-state index in [0.717, 1.165) is 12.1 Å². The first kappa shape index (κ1) is 14.3. The number of nitrogens with one attached hydrogen (secondary N) is 2. The van der Waals surface area contributed by atoms with Crippen molar-refractivity contribution in [1.29, 1.82) is 0 Å². The first-order chi connectivity index (χ1) is 8.43. The molecule has 0 fully saturated rings. The number of hydrogen-bond acceptors (Lipinski definition) is 2. The second-order valence-electron chi connectivity index (χ2n) is 3.45. The SMILES string of the molecule is COCCNC(=O)Nc1cccc(C(F)(F)F)c1. The van der Waals surface area contributed by atoms with Crippen LogP contribution in [0.2, 0.25) is 0 Å². The van der Waals surface area contributed by atoms with Crippen molar-refractivity contribution in [1.82, 2.24) is 5.32 Å². The lowest BCUT2D eigenvalue weighted by Crippen LogP contribution is -2.31. The zero-order valence-electron chi connectivity index (χ0n) is 9.67. The predicted octanol–water partition coefficient (Wildman–Crippen LogP) is 2.47. The highest BCUT2D eigenvalue weighted by molar-refractivity contribution is 5.89. The summed E-state index contributed by atoms with van der Waals surface area (Å²) in [4.78, 5) is 11.3. The Morgan fingerprint density at radius 1 is 1.39 bits per heavy atom. The minimum absolute atomic E-state index is 0.0831. The van der Waals surface area contributed by atoms with Gasteiger partial charge in [0.1, 0.15) is 0 Å². The van der Waals surface area contributed by atoms with E-state index >= 15 is 0 Å². The van der Waals surface area contributed by atoms with Crippen molar-refractivity contribution in [2.45, 2.75) is 6.18 Å². The van der Waals surface area contributed by atoms with E-state index in [-0.39, 0.29) is 12.2 Å². The smallest absolute Gasteiger partial charge is 0.383 e. The van der Waals surface area contributed by atoms with E-state index in [4.69, 9.17) is 4.74 Å². The quantitative estimate of drug-likeness (QED) is 0.819. The molecule has 0 unspecified atom stereocenters. The summed E-state index contributed by atoms with van der Waals surface area (Å²) in [6.07, 6.45) is -4.43. The Morgan fingerprint density at radius 3 is 2.72 bits per heavy atom. The molecule has 0 aliphatic carbocycles. The van der Waals surface area contributed by atoms with Gasteiger partial charge >= 0.3 is 12.2 Å². The number of carbonyl (C=O) groups is 1. The van der Waals surface area contributed by atoms with Gasteiger partial charge in [-0.2, -0.15) is 13.2 Å². The van der Waals surface area contributed by atoms with Crippen LogP contribution in [0.5, 0.6) is 0 Å². The van der Waals surface area contributed by atoms with Crippen molar-refractivity contribution < 1.29 is 22.7 Å². The minimum atomic E-state index is -4.43. The number of rotatable bonds is 4. The Kier molecular flexibility index (Phi) is 4.96. The molecule has 0 aliphatic heterocycles. The molecule has 0 spiro atoms. The average molecular weight is 262 g/mol. The van der Waals surface area contributed by atoms with Crippen LogP contribution in [-0.2, 0) is 10.9 Å². The van der Waals surface area contributed by atoms with Gasteiger partial charge in [0.2, 0.25) is 0 Å². The monoisotopic (exact) mass is 262 g/mol. The second-order valence-corrected chi connectivity index (χ2v) is 3.45. The fourth-order valence-corrected chi connectivity index (χ4v) is 1.22. The van der Waals surface area contributed by atoms with Gasteiger partial charge in [-0.15, -0.1) is 0 Å². The average Bonchev–Trinajstić information content (AvgIpc) is 2.28. The molecule has 7 heteroatoms. The highest BCUT2D eigenvalue weighted by atomic mass is 19.4. The number of urea groups is 1. The lowest BCUT2D eigenvalue weighted by atomic mass is 10.2. The van der Waals surface area contributed by atoms with Crippen molar-refractivity contribution in [3.8, 4) is 0 Å². The lowest BCUT2D eigenvalue weighted by molar-refractivity contribution is -0.137. The Morgan fingerprint density at radius 2 is 2.11 bits per heavy atom. The fourth-order valence-electron chi connectivity index (χ4n) is 1.22. The molecule has 0 bridgehead atoms. The van der Waals surface area contributed by atoms with Gasteiger partial charge in [-0.3, -0.25) is 0 Å². The number of benzene rings is 1. The van der Waals surface area contributed by atoms with Crippen LogP contribution in [0.15, 0.2) is 24.3 Å². The van der Waals surface area contributed by atoms with E-state index in [1.165, 1.54) is 19.2 Å². The van der Waals surface area contributed by atoms with E-state index in [2.05, 4.69) is 10.6 Å². The molecule has 0 aliphatic rings. The molecule has 0 atom stereocenters. The number of halogens is 3. The van der Waals surface area contributed by atoms with Crippen LogP contribution >= 0.6 is 0 Å². The van der Waals surface area contributed by atoms with Gasteiger partial charge < -0.3 is 15.4 Å². The summed E-state index contributed by atoms with van der Waals surface area (Å²) in [5.74, 6) is 0. The topological polar surface area (TPSA) is 50.4 Å². The van der Waals surface area contributed by atoms with Gasteiger partial charge in [0, 0.05) is 19.3 Å². The van der Waals surface area contributed by atoms with Crippen molar-refractivity contribution in [2.24, 2.45) is 0 Å². The van der Waals surface area contributed by atoms with Crippen molar-refractivity contribution in [2.75, 3.05) is 25.6 Å². The zero-order chi connectivity index (χ0) is 13.6. The number of amides is 2. The van der Waals surface area contributed by atoms with Gasteiger partial charge in [-0.25, -0.2) is 4.79 Å². The van der Waals surface area contributed by atoms with Crippen LogP contribution in [0.1, 0.15) is 5.56 Å². The summed E-state index contributed by atoms with van der Waals surface area (Å²) in [5.41, 5.74) is -0.725. The molecule has 18 heavy (non-hydrogen) atoms. The van der Waals surface area contributed by atoms with E-state index in [1.807, 2.05) is 0 Å². The number of hydrogen-bond donors (Lipinski definition) is 2. The van der Waals surface area contributed by atoms with E-state index in [9.17, 15) is 18.0 Å². The molecule has 4 nitrogen and oxygen atoms in total. The molecule has 100 valence electrons. The number of anilines is 1. The van der Waals surface area contributed by atoms with Gasteiger partial charge in [0.15, 0.2) is 0 Å². The van der Waals surface area contributed by atoms with Gasteiger partial charge in [0.25, 0.3) is 0 Å². The molecule has 2 amide bonds. The van der Waals surface area contributed by atoms with Crippen LogP contribution in [-0.4, -0.2) is 26.3 Å². The number of alkyl halides is 3. The Bertz CT molecular complexity index is 408. The van der Waals surface area contributed by atoms with Crippen LogP contribution < -0.4 is 10.6 Å². The lowest BCUT2D eigenvalue weighted by Gasteiger charge is -2.10. The molecule has 0 saturated carbocycles. The summed E-state index contributed by atoms with van der Waals surface area (Å²) in [7, 11) is 1.48. The number of carbonyl (C=O) groups excluding carboxylic acids is 1. The van der Waals surface area contributed by atoms with Gasteiger partial charge in [-0.05, 0) is 18.2 Å². The highest BCUT2D eigenvalue weighted by Crippen LogP contribution is 2.30. The molecule has 0 heterocycles. The molecular formula is C11H13F3N2O2. The molecule has 1 aromatic carbocycles. The van der Waals surface area contributed by atoms with Crippen LogP contribution in [0.3, 0.4) is 0 Å². The molecular weight excluding hydrogens is 249 g/mol. The maximum absolute atomic E-state index is 12.4. The Hall–Kier alpha value is -1.76. The third-order valence-electron chi connectivity index (χ3n) is 2.04. The third-order valence-corrected chi connectivity index (χ3v) is 2.04. The fraction of sp³-hybridized carbons (Fsp3) is 0.364. The summed E-state index contributed by atoms with van der Waals surface area (Å²) in [5, 5.41) is 4.74. The Labute approximate surface area is 102 Å². The van der Waals surface area contributed by atoms with Crippen molar-refractivity contribution in [3.63, 3.8) is 0 Å². The standard InChI is InChI=1S/C11H13F3N2O2/c1-18-6-5-15-10(17)16-9-4-2-3-8(7-9)11(12,13)14/h2-4,7H,5-6H2,1H3,(H2,15,16,17). The minimum Gasteiger partial charge on any atom is -0.383 e. The van der Waals surface area contributed by atoms with E-state index in [0.29, 0.717) is 6.61 Å². The summed E-state index contributed by atoms with van der Waals surface area (Å²) in [6.45, 7) is 0.608. The van der Waals surface area contributed by atoms with Crippen molar-refractivity contribution >= 4 is 11.7 Å². The predicted molar refractivity (Wildman–Crippen MR) is 60.3 cm³/mol. The third kappa shape index (κ3) is 4.62. The molecule has 1 aromatic rings. The van der Waals surface area contributed by atoms with Crippen molar-refractivity contribution in [3.05, 3.63) is 29.8 Å². The highest BCUT2D eigenvalue weighted by Gasteiger charge is 2.30. The first-order valence-corrected chi connectivity index (χ1v) is 5.14. The normalized spacial score (nSPS) is 11.1. The van der Waals surface area contributed by atoms with E-state index < -0.39 is 17.8 Å². The second kappa shape index (κ2) is 6.25. The van der Waals surface area contributed by atoms with Crippen LogP contribution in [0, 0.1) is 0 Å². The van der Waals surface area contributed by atoms with Gasteiger partial charge in [-0.1, -0.05) is 6.07 Å². The van der Waals surface area contributed by atoms with Crippen LogP contribution in [0.4, 0.5) is 23.7 Å². The molecule has 0 saturated heterocycles. The molecule has 0 aromatic heterocycles. The van der Waals surface area contributed by atoms with E-state index in [1.54, 1.807) is 0 Å². The maximum Gasteiger partial charge on any atom is 0.416 e. The van der Waals surface area contributed by atoms with Crippen LogP contribution in [0.25, 0.3) is 0 Å². The number of ether oxygens (including phenoxy) is 1. The summed E-state index contributed by atoms with van der Waals surface area (Å²) >= 11 is 0. The Balaban J connectivity index is 2.60. The summed E-state index contributed by atoms with van der Waals surface area (Å²) < 4.78 is 41.9. The molecule has 2 N–H and O–H groups in total. The molecule has 1 rings (SSSR count). The maximum atomic E-state index is 12.4. The first-order valence-electron chi connectivity index (χ1n) is 5.14. The summed E-state index contributed by atoms with van der Waals surface area (Å²) in [6, 6.07) is 3.84. The van der Waals surface area contributed by atoms with Gasteiger partial charge in [0.05, 0.1) is 12.2 Å².